The van der Waals surface area contributed by atoms with Gasteiger partial charge in [-0.25, -0.2) is 0 Å². The standard InChI is InChI=1S/C16H34.H4Si/c1-3-5-7-9-11-13-15-16-14-12-10-8-6-4-2;/h3-16H2,1-2H3;1H4. The molecular formula is C16H38Si. The molecule has 0 aliphatic rings. The summed E-state index contributed by atoms with van der Waals surface area (Å²) in [6, 6.07) is 0. The summed E-state index contributed by atoms with van der Waals surface area (Å²) in [6.45, 7) is 4.58. The van der Waals surface area contributed by atoms with Crippen LogP contribution in [0.15, 0.2) is 0 Å². The predicted molar refractivity (Wildman–Crippen MR) is 87.3 cm³/mol. The topological polar surface area (TPSA) is 0 Å². The lowest BCUT2D eigenvalue weighted by Gasteiger charge is -2.02. The average molecular weight is 259 g/mol. The van der Waals surface area contributed by atoms with Crippen LogP contribution in [0, 0.1) is 0 Å². The van der Waals surface area contributed by atoms with Crippen LogP contribution in [0.3, 0.4) is 0 Å². The molecule has 0 amide bonds. The molecule has 106 valence electrons. The van der Waals surface area contributed by atoms with Crippen molar-refractivity contribution in [3.05, 3.63) is 0 Å². The van der Waals surface area contributed by atoms with E-state index in [1.807, 2.05) is 0 Å². The highest BCUT2D eigenvalue weighted by molar-refractivity contribution is 5.75. The van der Waals surface area contributed by atoms with E-state index in [0.29, 0.717) is 0 Å². The first-order chi connectivity index (χ1) is 7.91. The van der Waals surface area contributed by atoms with Crippen molar-refractivity contribution in [1.29, 1.82) is 0 Å². The van der Waals surface area contributed by atoms with E-state index >= 15 is 0 Å². The van der Waals surface area contributed by atoms with E-state index in [1.165, 1.54) is 89.9 Å². The van der Waals surface area contributed by atoms with Crippen LogP contribution in [-0.2, 0) is 0 Å². The molecule has 0 aliphatic carbocycles. The van der Waals surface area contributed by atoms with Crippen LogP contribution in [0.5, 0.6) is 0 Å². The summed E-state index contributed by atoms with van der Waals surface area (Å²) in [5.41, 5.74) is 0. The number of rotatable bonds is 13. The molecule has 0 aromatic rings. The van der Waals surface area contributed by atoms with Crippen molar-refractivity contribution in [2.45, 2.75) is 104 Å². The van der Waals surface area contributed by atoms with Crippen LogP contribution in [0.2, 0.25) is 0 Å². The quantitative estimate of drug-likeness (QED) is 0.321. The zero-order chi connectivity index (χ0) is 11.9. The number of hydrogen-bond acceptors (Lipinski definition) is 0. The molecule has 0 fully saturated rings. The van der Waals surface area contributed by atoms with Gasteiger partial charge in [-0.1, -0.05) is 104 Å². The Labute approximate surface area is 115 Å². The molecule has 0 heterocycles. The highest BCUT2D eigenvalue weighted by Crippen LogP contribution is 2.12. The Bertz CT molecular complexity index is 98.1. The number of unbranched alkanes of at least 4 members (excludes halogenated alkanes) is 13. The van der Waals surface area contributed by atoms with Gasteiger partial charge >= 0.3 is 0 Å². The number of hydrogen-bond donors (Lipinski definition) is 0. The summed E-state index contributed by atoms with van der Waals surface area (Å²) in [6.07, 6.45) is 20.4. The highest BCUT2D eigenvalue weighted by atomic mass is 28.1. The van der Waals surface area contributed by atoms with Gasteiger partial charge in [0.05, 0.1) is 0 Å². The Hall–Kier alpha value is 0.217. The second kappa shape index (κ2) is 18.6. The van der Waals surface area contributed by atoms with E-state index in [4.69, 9.17) is 0 Å². The molecule has 1 heteroatoms. The van der Waals surface area contributed by atoms with Gasteiger partial charge in [0.15, 0.2) is 0 Å². The monoisotopic (exact) mass is 258 g/mol. The first-order valence-electron chi connectivity index (χ1n) is 7.91. The van der Waals surface area contributed by atoms with Crippen molar-refractivity contribution in [1.82, 2.24) is 0 Å². The summed E-state index contributed by atoms with van der Waals surface area (Å²) in [7, 11) is 0. The van der Waals surface area contributed by atoms with Crippen molar-refractivity contribution >= 4 is 11.0 Å². The van der Waals surface area contributed by atoms with Crippen molar-refractivity contribution in [2.75, 3.05) is 0 Å². The molecule has 0 bridgehead atoms. The lowest BCUT2D eigenvalue weighted by atomic mass is 10.0. The molecule has 0 aromatic carbocycles. The van der Waals surface area contributed by atoms with Gasteiger partial charge in [-0.3, -0.25) is 0 Å². The minimum absolute atomic E-state index is 0. The van der Waals surface area contributed by atoms with Crippen LogP contribution in [-0.4, -0.2) is 11.0 Å². The van der Waals surface area contributed by atoms with Gasteiger partial charge in [0.25, 0.3) is 0 Å². The van der Waals surface area contributed by atoms with Gasteiger partial charge in [0.2, 0.25) is 0 Å². The van der Waals surface area contributed by atoms with E-state index in [2.05, 4.69) is 13.8 Å². The van der Waals surface area contributed by atoms with E-state index in [1.54, 1.807) is 0 Å². The third-order valence-electron chi connectivity index (χ3n) is 3.46. The minimum Gasteiger partial charge on any atom is -0.0654 e. The molecule has 17 heavy (non-hydrogen) atoms. The lowest BCUT2D eigenvalue weighted by Crippen LogP contribution is -1.82. The maximum absolute atomic E-state index is 2.29. The molecule has 0 radical (unpaired) electrons. The summed E-state index contributed by atoms with van der Waals surface area (Å²) >= 11 is 0. The first kappa shape index (κ1) is 19.6. The summed E-state index contributed by atoms with van der Waals surface area (Å²) in [5.74, 6) is 0. The van der Waals surface area contributed by atoms with Gasteiger partial charge < -0.3 is 0 Å². The molecule has 0 nitrogen and oxygen atoms in total. The molecule has 0 atom stereocenters. The van der Waals surface area contributed by atoms with Crippen molar-refractivity contribution in [3.63, 3.8) is 0 Å². The second-order valence-electron chi connectivity index (χ2n) is 5.24. The maximum atomic E-state index is 2.29. The minimum atomic E-state index is 0. The molecular weight excluding hydrogens is 220 g/mol. The van der Waals surface area contributed by atoms with Crippen molar-refractivity contribution in [3.8, 4) is 0 Å². The molecule has 0 saturated heterocycles. The van der Waals surface area contributed by atoms with Crippen molar-refractivity contribution in [2.24, 2.45) is 0 Å². The molecule has 0 saturated carbocycles. The van der Waals surface area contributed by atoms with E-state index in [9.17, 15) is 0 Å². The predicted octanol–water partition coefficient (Wildman–Crippen LogP) is 5.04. The van der Waals surface area contributed by atoms with Gasteiger partial charge in [-0.15, -0.1) is 0 Å². The molecule has 0 N–H and O–H groups in total. The van der Waals surface area contributed by atoms with Crippen LogP contribution in [0.25, 0.3) is 0 Å². The Morgan fingerprint density at radius 3 is 0.706 bits per heavy atom. The zero-order valence-electron chi connectivity index (χ0n) is 11.9. The fraction of sp³-hybridized carbons (Fsp3) is 1.00. The maximum Gasteiger partial charge on any atom is -0.0149 e. The first-order valence-corrected chi connectivity index (χ1v) is 7.91. The van der Waals surface area contributed by atoms with Gasteiger partial charge in [0.1, 0.15) is 0 Å². The van der Waals surface area contributed by atoms with E-state index in [-0.39, 0.29) is 11.0 Å². The molecule has 0 spiro atoms. The van der Waals surface area contributed by atoms with Gasteiger partial charge in [-0.05, 0) is 11.0 Å². The molecule has 0 aliphatic heterocycles. The van der Waals surface area contributed by atoms with Gasteiger partial charge in [-0.2, -0.15) is 0 Å². The molecule has 0 aromatic heterocycles. The lowest BCUT2D eigenvalue weighted by molar-refractivity contribution is 0.538. The Morgan fingerprint density at radius 1 is 0.353 bits per heavy atom. The highest BCUT2D eigenvalue weighted by Gasteiger charge is 1.92. The third-order valence-corrected chi connectivity index (χ3v) is 3.46. The van der Waals surface area contributed by atoms with E-state index < -0.39 is 0 Å². The van der Waals surface area contributed by atoms with Crippen LogP contribution < -0.4 is 0 Å². The summed E-state index contributed by atoms with van der Waals surface area (Å²) < 4.78 is 0. The Kier molecular flexibility index (Phi) is 21.4. The van der Waals surface area contributed by atoms with Crippen LogP contribution in [0.1, 0.15) is 104 Å². The van der Waals surface area contributed by atoms with Gasteiger partial charge in [0, 0.05) is 0 Å². The second-order valence-corrected chi connectivity index (χ2v) is 5.24. The van der Waals surface area contributed by atoms with Crippen molar-refractivity contribution < 1.29 is 0 Å². The third kappa shape index (κ3) is 18.8. The van der Waals surface area contributed by atoms with Crippen LogP contribution in [0.4, 0.5) is 0 Å². The molecule has 0 unspecified atom stereocenters. The average Bonchev–Trinajstić information content (AvgIpc) is 2.31. The SMILES string of the molecule is CCCCCCCCCCCCCCCC.[SiH4]. The normalized spacial score (nSPS) is 10.2. The fourth-order valence-electron chi connectivity index (χ4n) is 2.27. The fourth-order valence-corrected chi connectivity index (χ4v) is 2.27. The van der Waals surface area contributed by atoms with E-state index in [0.717, 1.165) is 0 Å². The Morgan fingerprint density at radius 2 is 0.529 bits per heavy atom. The smallest absolute Gasteiger partial charge is 0.0149 e. The zero-order valence-corrected chi connectivity index (χ0v) is 11.9. The summed E-state index contributed by atoms with van der Waals surface area (Å²) in [4.78, 5) is 0. The Balaban J connectivity index is 0. The molecule has 0 rings (SSSR count). The van der Waals surface area contributed by atoms with Crippen LogP contribution >= 0.6 is 0 Å². The summed E-state index contributed by atoms with van der Waals surface area (Å²) in [5, 5.41) is 0. The largest absolute Gasteiger partial charge is 0.0654 e.